The number of benzene rings is 1. The SMILES string of the molecule is CCC(C)(C)NC(=O)c1ccc(OC)c(Br)c1. The molecule has 0 heterocycles. The fourth-order valence-corrected chi connectivity index (χ4v) is 1.82. The van der Waals surface area contributed by atoms with E-state index < -0.39 is 0 Å². The molecule has 1 N–H and O–H groups in total. The summed E-state index contributed by atoms with van der Waals surface area (Å²) in [6.45, 7) is 6.05. The molecule has 0 unspecified atom stereocenters. The summed E-state index contributed by atoms with van der Waals surface area (Å²) in [5.41, 5.74) is 0.433. The topological polar surface area (TPSA) is 38.3 Å². The number of hydrogen-bond acceptors (Lipinski definition) is 2. The van der Waals surface area contributed by atoms with Gasteiger partial charge in [0.25, 0.3) is 5.91 Å². The van der Waals surface area contributed by atoms with Crippen LogP contribution in [0.25, 0.3) is 0 Å². The number of carbonyl (C=O) groups excluding carboxylic acids is 1. The molecule has 0 atom stereocenters. The van der Waals surface area contributed by atoms with Gasteiger partial charge in [0.05, 0.1) is 11.6 Å². The Labute approximate surface area is 111 Å². The van der Waals surface area contributed by atoms with Crippen molar-refractivity contribution in [3.63, 3.8) is 0 Å². The predicted octanol–water partition coefficient (Wildman–Crippen LogP) is 3.38. The lowest BCUT2D eigenvalue weighted by Gasteiger charge is -2.24. The van der Waals surface area contributed by atoms with Gasteiger partial charge in [-0.2, -0.15) is 0 Å². The van der Waals surface area contributed by atoms with Crippen LogP contribution < -0.4 is 10.1 Å². The Morgan fingerprint density at radius 3 is 2.59 bits per heavy atom. The molecule has 0 aliphatic rings. The van der Waals surface area contributed by atoms with Gasteiger partial charge in [0.2, 0.25) is 0 Å². The summed E-state index contributed by atoms with van der Waals surface area (Å²) in [6.07, 6.45) is 0.885. The largest absolute Gasteiger partial charge is 0.496 e. The molecule has 1 amide bonds. The molecule has 1 aromatic carbocycles. The quantitative estimate of drug-likeness (QED) is 0.925. The van der Waals surface area contributed by atoms with Crippen molar-refractivity contribution in [3.8, 4) is 5.75 Å². The fourth-order valence-electron chi connectivity index (χ4n) is 1.28. The smallest absolute Gasteiger partial charge is 0.251 e. The van der Waals surface area contributed by atoms with E-state index in [0.717, 1.165) is 16.6 Å². The first-order chi connectivity index (χ1) is 7.89. The number of amides is 1. The second kappa shape index (κ2) is 5.54. The van der Waals surface area contributed by atoms with E-state index in [4.69, 9.17) is 4.74 Å². The third-order valence-corrected chi connectivity index (χ3v) is 3.37. The predicted molar refractivity (Wildman–Crippen MR) is 72.5 cm³/mol. The number of nitrogens with one attached hydrogen (secondary N) is 1. The van der Waals surface area contributed by atoms with Crippen molar-refractivity contribution in [1.82, 2.24) is 5.32 Å². The summed E-state index contributed by atoms with van der Waals surface area (Å²) in [6, 6.07) is 5.29. The third-order valence-electron chi connectivity index (χ3n) is 2.75. The standard InChI is InChI=1S/C13H18BrNO2/c1-5-13(2,3)15-12(16)9-6-7-11(17-4)10(14)8-9/h6-8H,5H2,1-4H3,(H,15,16). The Hall–Kier alpha value is -1.03. The molecule has 3 nitrogen and oxygen atoms in total. The van der Waals surface area contributed by atoms with Gasteiger partial charge in [-0.15, -0.1) is 0 Å². The van der Waals surface area contributed by atoms with Crippen LogP contribution in [0.15, 0.2) is 22.7 Å². The van der Waals surface area contributed by atoms with E-state index in [9.17, 15) is 4.79 Å². The van der Waals surface area contributed by atoms with Crippen LogP contribution in [0.2, 0.25) is 0 Å². The fraction of sp³-hybridized carbons (Fsp3) is 0.462. The van der Waals surface area contributed by atoms with E-state index in [1.165, 1.54) is 0 Å². The lowest BCUT2D eigenvalue weighted by molar-refractivity contribution is 0.0911. The van der Waals surface area contributed by atoms with Gasteiger partial charge < -0.3 is 10.1 Å². The minimum Gasteiger partial charge on any atom is -0.496 e. The number of ether oxygens (including phenoxy) is 1. The van der Waals surface area contributed by atoms with E-state index in [1.807, 2.05) is 20.8 Å². The highest BCUT2D eigenvalue weighted by molar-refractivity contribution is 9.10. The zero-order chi connectivity index (χ0) is 13.1. The first-order valence-electron chi connectivity index (χ1n) is 5.55. The van der Waals surface area contributed by atoms with Gasteiger partial charge in [0.1, 0.15) is 5.75 Å². The Balaban J connectivity index is 2.87. The van der Waals surface area contributed by atoms with E-state index in [2.05, 4.69) is 21.2 Å². The normalized spacial score (nSPS) is 11.1. The van der Waals surface area contributed by atoms with Crippen LogP contribution in [0.5, 0.6) is 5.75 Å². The molecule has 0 aromatic heterocycles. The number of hydrogen-bond donors (Lipinski definition) is 1. The van der Waals surface area contributed by atoms with E-state index in [-0.39, 0.29) is 11.4 Å². The molecule has 94 valence electrons. The summed E-state index contributed by atoms with van der Waals surface area (Å²) in [5.74, 6) is 0.650. The van der Waals surface area contributed by atoms with Gasteiger partial charge in [-0.05, 0) is 54.4 Å². The van der Waals surface area contributed by atoms with Gasteiger partial charge in [-0.1, -0.05) is 6.92 Å². The van der Waals surface area contributed by atoms with E-state index >= 15 is 0 Å². The highest BCUT2D eigenvalue weighted by Crippen LogP contribution is 2.25. The monoisotopic (exact) mass is 299 g/mol. The average Bonchev–Trinajstić information content (AvgIpc) is 2.28. The van der Waals surface area contributed by atoms with Crippen LogP contribution in [0, 0.1) is 0 Å². The highest BCUT2D eigenvalue weighted by atomic mass is 79.9. The van der Waals surface area contributed by atoms with Crippen molar-refractivity contribution < 1.29 is 9.53 Å². The molecule has 1 aromatic rings. The molecule has 4 heteroatoms. The molecule has 0 aliphatic carbocycles. The lowest BCUT2D eigenvalue weighted by atomic mass is 10.0. The van der Waals surface area contributed by atoms with Gasteiger partial charge in [-0.25, -0.2) is 0 Å². The maximum atomic E-state index is 12.0. The van der Waals surface area contributed by atoms with Gasteiger partial charge >= 0.3 is 0 Å². The Morgan fingerprint density at radius 2 is 2.12 bits per heavy atom. The molecule has 0 aliphatic heterocycles. The highest BCUT2D eigenvalue weighted by Gasteiger charge is 2.19. The molecule has 17 heavy (non-hydrogen) atoms. The third kappa shape index (κ3) is 3.73. The molecular weight excluding hydrogens is 282 g/mol. The molecule has 0 radical (unpaired) electrons. The summed E-state index contributed by atoms with van der Waals surface area (Å²) in [5, 5.41) is 2.99. The molecule has 0 saturated carbocycles. The molecule has 0 saturated heterocycles. The molecule has 0 fully saturated rings. The maximum absolute atomic E-state index is 12.0. The van der Waals surface area contributed by atoms with Crippen LogP contribution in [0.1, 0.15) is 37.6 Å². The zero-order valence-corrected chi connectivity index (χ0v) is 12.2. The molecule has 0 bridgehead atoms. The number of methoxy groups -OCH3 is 1. The summed E-state index contributed by atoms with van der Waals surface area (Å²) >= 11 is 3.37. The first-order valence-corrected chi connectivity index (χ1v) is 6.35. The lowest BCUT2D eigenvalue weighted by Crippen LogP contribution is -2.42. The van der Waals surface area contributed by atoms with Crippen LogP contribution in [0.3, 0.4) is 0 Å². The summed E-state index contributed by atoms with van der Waals surface area (Å²) in [4.78, 5) is 12.0. The van der Waals surface area contributed by atoms with Crippen molar-refractivity contribution in [3.05, 3.63) is 28.2 Å². The Bertz CT molecular complexity index is 416. The first kappa shape index (κ1) is 14.0. The van der Waals surface area contributed by atoms with Gasteiger partial charge in [0.15, 0.2) is 0 Å². The van der Waals surface area contributed by atoms with Crippen LogP contribution in [0.4, 0.5) is 0 Å². The van der Waals surface area contributed by atoms with Crippen molar-refractivity contribution in [2.45, 2.75) is 32.7 Å². The maximum Gasteiger partial charge on any atom is 0.251 e. The van der Waals surface area contributed by atoms with Crippen LogP contribution in [-0.2, 0) is 0 Å². The van der Waals surface area contributed by atoms with Gasteiger partial charge in [0, 0.05) is 11.1 Å². The second-order valence-corrected chi connectivity index (χ2v) is 5.40. The number of carbonyl (C=O) groups is 1. The van der Waals surface area contributed by atoms with Crippen molar-refractivity contribution in [2.75, 3.05) is 7.11 Å². The second-order valence-electron chi connectivity index (χ2n) is 4.54. The minimum atomic E-state index is -0.191. The van der Waals surface area contributed by atoms with E-state index in [0.29, 0.717) is 5.56 Å². The minimum absolute atomic E-state index is 0.0693. The molecule has 1 rings (SSSR count). The zero-order valence-electron chi connectivity index (χ0n) is 10.6. The van der Waals surface area contributed by atoms with Crippen molar-refractivity contribution >= 4 is 21.8 Å². The summed E-state index contributed by atoms with van der Waals surface area (Å²) < 4.78 is 5.90. The average molecular weight is 300 g/mol. The Morgan fingerprint density at radius 1 is 1.47 bits per heavy atom. The van der Waals surface area contributed by atoms with Gasteiger partial charge in [-0.3, -0.25) is 4.79 Å². The van der Waals surface area contributed by atoms with Crippen LogP contribution in [-0.4, -0.2) is 18.6 Å². The molecular formula is C13H18BrNO2. The van der Waals surface area contributed by atoms with Crippen molar-refractivity contribution in [1.29, 1.82) is 0 Å². The van der Waals surface area contributed by atoms with Crippen LogP contribution >= 0.6 is 15.9 Å². The molecule has 0 spiro atoms. The summed E-state index contributed by atoms with van der Waals surface area (Å²) in [7, 11) is 1.60. The Kier molecular flexibility index (Phi) is 4.57. The van der Waals surface area contributed by atoms with E-state index in [1.54, 1.807) is 25.3 Å². The number of rotatable bonds is 4. The van der Waals surface area contributed by atoms with Crippen molar-refractivity contribution in [2.24, 2.45) is 0 Å². The number of halogens is 1.